The number of aliphatic carboxylic acids is 1. The standard InChI is InChI=1S/C16H16ClN3O3/c1-10-8-13(15(21)19-7-6-11(9-19)16(22)23)18-20(10)14-5-3-2-4-12(14)17/h2-5,8,11H,6-7,9H2,1H3,(H,22,23). The van der Waals surface area contributed by atoms with Gasteiger partial charge >= 0.3 is 5.97 Å². The van der Waals surface area contributed by atoms with Gasteiger partial charge in [-0.1, -0.05) is 23.7 Å². The van der Waals surface area contributed by atoms with E-state index in [0.717, 1.165) is 5.69 Å². The Morgan fingerprint density at radius 2 is 2.09 bits per heavy atom. The minimum atomic E-state index is -0.863. The molecule has 0 saturated carbocycles. The van der Waals surface area contributed by atoms with Gasteiger partial charge in [0.1, 0.15) is 0 Å². The van der Waals surface area contributed by atoms with Crippen LogP contribution in [0.3, 0.4) is 0 Å². The van der Waals surface area contributed by atoms with E-state index in [2.05, 4.69) is 5.10 Å². The lowest BCUT2D eigenvalue weighted by atomic mass is 10.1. The van der Waals surface area contributed by atoms with Gasteiger partial charge in [-0.25, -0.2) is 4.68 Å². The molecular weight excluding hydrogens is 318 g/mol. The van der Waals surface area contributed by atoms with E-state index in [1.165, 1.54) is 4.90 Å². The fraction of sp³-hybridized carbons (Fsp3) is 0.312. The third kappa shape index (κ3) is 2.94. The van der Waals surface area contributed by atoms with Gasteiger partial charge in [-0.2, -0.15) is 5.10 Å². The molecule has 23 heavy (non-hydrogen) atoms. The maximum atomic E-state index is 12.5. The summed E-state index contributed by atoms with van der Waals surface area (Å²) in [6, 6.07) is 8.96. The number of benzene rings is 1. The lowest BCUT2D eigenvalue weighted by Crippen LogP contribution is -2.30. The summed E-state index contributed by atoms with van der Waals surface area (Å²) in [6.07, 6.45) is 0.477. The average molecular weight is 334 g/mol. The maximum Gasteiger partial charge on any atom is 0.308 e. The largest absolute Gasteiger partial charge is 0.481 e. The number of nitrogens with zero attached hydrogens (tertiary/aromatic N) is 3. The number of likely N-dealkylation sites (tertiary alicyclic amines) is 1. The Morgan fingerprint density at radius 3 is 2.74 bits per heavy atom. The second kappa shape index (κ2) is 6.04. The molecule has 1 atom stereocenters. The van der Waals surface area contributed by atoms with Gasteiger partial charge in [-0.05, 0) is 31.5 Å². The van der Waals surface area contributed by atoms with Crippen LogP contribution in [0.1, 0.15) is 22.6 Å². The van der Waals surface area contributed by atoms with Gasteiger partial charge < -0.3 is 10.0 Å². The summed E-state index contributed by atoms with van der Waals surface area (Å²) in [5.74, 6) is -1.61. The first-order valence-corrected chi connectivity index (χ1v) is 7.69. The number of carbonyl (C=O) groups is 2. The lowest BCUT2D eigenvalue weighted by molar-refractivity contribution is -0.141. The second-order valence-corrected chi connectivity index (χ2v) is 6.02. The zero-order valence-electron chi connectivity index (χ0n) is 12.6. The summed E-state index contributed by atoms with van der Waals surface area (Å²) in [7, 11) is 0. The number of hydrogen-bond donors (Lipinski definition) is 1. The average Bonchev–Trinajstić information content (AvgIpc) is 3.14. The van der Waals surface area contributed by atoms with Crippen molar-refractivity contribution in [2.45, 2.75) is 13.3 Å². The van der Waals surface area contributed by atoms with Crippen molar-refractivity contribution < 1.29 is 14.7 Å². The normalized spacial score (nSPS) is 17.5. The smallest absolute Gasteiger partial charge is 0.308 e. The third-order valence-electron chi connectivity index (χ3n) is 4.01. The van der Waals surface area contributed by atoms with E-state index >= 15 is 0 Å². The van der Waals surface area contributed by atoms with Gasteiger partial charge in [-0.3, -0.25) is 9.59 Å². The minimum Gasteiger partial charge on any atom is -0.481 e. The van der Waals surface area contributed by atoms with E-state index in [0.29, 0.717) is 29.4 Å². The molecule has 1 saturated heterocycles. The highest BCUT2D eigenvalue weighted by Crippen LogP contribution is 2.23. The van der Waals surface area contributed by atoms with Crippen LogP contribution in [-0.4, -0.2) is 44.8 Å². The molecule has 0 spiro atoms. The molecule has 1 aromatic heterocycles. The molecular formula is C16H16ClN3O3. The van der Waals surface area contributed by atoms with Crippen molar-refractivity contribution >= 4 is 23.5 Å². The molecule has 2 aromatic rings. The number of rotatable bonds is 3. The van der Waals surface area contributed by atoms with Crippen molar-refractivity contribution in [3.8, 4) is 5.69 Å². The molecule has 1 aromatic carbocycles. The Labute approximate surface area is 138 Å². The van der Waals surface area contributed by atoms with Crippen LogP contribution in [-0.2, 0) is 4.79 Å². The summed E-state index contributed by atoms with van der Waals surface area (Å²) in [6.45, 7) is 2.51. The van der Waals surface area contributed by atoms with Crippen molar-refractivity contribution in [3.63, 3.8) is 0 Å². The van der Waals surface area contributed by atoms with Crippen LogP contribution in [0.4, 0.5) is 0 Å². The van der Waals surface area contributed by atoms with Crippen molar-refractivity contribution in [1.29, 1.82) is 0 Å². The molecule has 3 rings (SSSR count). The van der Waals surface area contributed by atoms with Gasteiger partial charge in [-0.15, -0.1) is 0 Å². The van der Waals surface area contributed by atoms with Crippen molar-refractivity contribution in [2.24, 2.45) is 5.92 Å². The lowest BCUT2D eigenvalue weighted by Gasteiger charge is -2.13. The number of amides is 1. The quantitative estimate of drug-likeness (QED) is 0.935. The molecule has 7 heteroatoms. The first kappa shape index (κ1) is 15.6. The maximum absolute atomic E-state index is 12.5. The molecule has 0 aliphatic carbocycles. The Hall–Kier alpha value is -2.34. The summed E-state index contributed by atoms with van der Waals surface area (Å²) in [5, 5.41) is 13.9. The van der Waals surface area contributed by atoms with E-state index in [-0.39, 0.29) is 12.5 Å². The van der Waals surface area contributed by atoms with E-state index in [9.17, 15) is 9.59 Å². The molecule has 1 fully saturated rings. The SMILES string of the molecule is Cc1cc(C(=O)N2CCC(C(=O)O)C2)nn1-c1ccccc1Cl. The highest BCUT2D eigenvalue weighted by molar-refractivity contribution is 6.32. The molecule has 6 nitrogen and oxygen atoms in total. The zero-order valence-corrected chi connectivity index (χ0v) is 13.3. The fourth-order valence-electron chi connectivity index (χ4n) is 2.75. The van der Waals surface area contributed by atoms with Crippen LogP contribution in [0, 0.1) is 12.8 Å². The van der Waals surface area contributed by atoms with Gasteiger partial charge in [0.2, 0.25) is 0 Å². The third-order valence-corrected chi connectivity index (χ3v) is 4.33. The second-order valence-electron chi connectivity index (χ2n) is 5.61. The van der Waals surface area contributed by atoms with Crippen LogP contribution in [0.2, 0.25) is 5.02 Å². The fourth-order valence-corrected chi connectivity index (χ4v) is 2.97. The van der Waals surface area contributed by atoms with Gasteiger partial charge in [0.25, 0.3) is 5.91 Å². The molecule has 1 aliphatic rings. The monoisotopic (exact) mass is 333 g/mol. The van der Waals surface area contributed by atoms with E-state index in [4.69, 9.17) is 16.7 Å². The number of aromatic nitrogens is 2. The van der Waals surface area contributed by atoms with Gasteiger partial charge in [0.05, 0.1) is 16.6 Å². The highest BCUT2D eigenvalue weighted by atomic mass is 35.5. The Kier molecular flexibility index (Phi) is 4.09. The number of carbonyl (C=O) groups excluding carboxylic acids is 1. The molecule has 120 valence electrons. The Morgan fingerprint density at radius 1 is 1.35 bits per heavy atom. The Bertz CT molecular complexity index is 772. The number of carboxylic acids is 1. The molecule has 1 amide bonds. The molecule has 0 radical (unpaired) electrons. The molecule has 1 N–H and O–H groups in total. The molecule has 2 heterocycles. The van der Waals surface area contributed by atoms with E-state index in [1.54, 1.807) is 16.8 Å². The first-order chi connectivity index (χ1) is 11.0. The summed E-state index contributed by atoms with van der Waals surface area (Å²) < 4.78 is 1.63. The van der Waals surface area contributed by atoms with Crippen LogP contribution < -0.4 is 0 Å². The number of para-hydroxylation sites is 1. The van der Waals surface area contributed by atoms with Crippen LogP contribution in [0.5, 0.6) is 0 Å². The zero-order chi connectivity index (χ0) is 16.6. The van der Waals surface area contributed by atoms with E-state index in [1.807, 2.05) is 25.1 Å². The van der Waals surface area contributed by atoms with E-state index < -0.39 is 11.9 Å². The molecule has 1 unspecified atom stereocenters. The molecule has 1 aliphatic heterocycles. The van der Waals surface area contributed by atoms with Crippen molar-refractivity contribution in [2.75, 3.05) is 13.1 Å². The number of aryl methyl sites for hydroxylation is 1. The highest BCUT2D eigenvalue weighted by Gasteiger charge is 2.32. The molecule has 0 bridgehead atoms. The Balaban J connectivity index is 1.85. The predicted molar refractivity (Wildman–Crippen MR) is 85.0 cm³/mol. The minimum absolute atomic E-state index is 0.228. The van der Waals surface area contributed by atoms with Gasteiger partial charge in [0.15, 0.2) is 5.69 Å². The summed E-state index contributed by atoms with van der Waals surface area (Å²) >= 11 is 6.18. The predicted octanol–water partition coefficient (Wildman–Crippen LogP) is 2.38. The van der Waals surface area contributed by atoms with Crippen LogP contribution in [0.15, 0.2) is 30.3 Å². The topological polar surface area (TPSA) is 75.4 Å². The summed E-state index contributed by atoms with van der Waals surface area (Å²) in [5.41, 5.74) is 1.79. The van der Waals surface area contributed by atoms with Crippen molar-refractivity contribution in [1.82, 2.24) is 14.7 Å². The number of halogens is 1. The number of carboxylic acid groups (broad SMARTS) is 1. The first-order valence-electron chi connectivity index (χ1n) is 7.31. The van der Waals surface area contributed by atoms with Crippen molar-refractivity contribution in [3.05, 3.63) is 46.7 Å². The van der Waals surface area contributed by atoms with Crippen LogP contribution in [0.25, 0.3) is 5.69 Å². The summed E-state index contributed by atoms with van der Waals surface area (Å²) in [4.78, 5) is 25.1. The van der Waals surface area contributed by atoms with Crippen LogP contribution >= 0.6 is 11.6 Å². The van der Waals surface area contributed by atoms with Gasteiger partial charge in [0, 0.05) is 18.8 Å². The number of hydrogen-bond acceptors (Lipinski definition) is 3.